The fraction of sp³-hybridized carbons (Fsp3) is 0.474. The van der Waals surface area contributed by atoms with Crippen LogP contribution in [0.5, 0.6) is 0 Å². The van der Waals surface area contributed by atoms with Gasteiger partial charge in [0.2, 0.25) is 0 Å². The van der Waals surface area contributed by atoms with Crippen molar-refractivity contribution in [3.05, 3.63) is 52.0 Å². The molecule has 0 unspecified atom stereocenters. The van der Waals surface area contributed by atoms with Gasteiger partial charge in [0, 0.05) is 30.3 Å². The number of aliphatic imine (C=N–C) groups is 1. The second-order valence-electron chi connectivity index (χ2n) is 6.64. The molecule has 0 bridgehead atoms. The molecule has 4 nitrogen and oxygen atoms in total. The van der Waals surface area contributed by atoms with E-state index in [2.05, 4.69) is 27.8 Å². The average Bonchev–Trinajstić information content (AvgIpc) is 3.28. The van der Waals surface area contributed by atoms with Gasteiger partial charge in [-0.15, -0.1) is 35.3 Å². The summed E-state index contributed by atoms with van der Waals surface area (Å²) in [4.78, 5) is 8.35. The number of benzene rings is 1. The van der Waals surface area contributed by atoms with E-state index in [9.17, 15) is 13.2 Å². The first-order valence-corrected chi connectivity index (χ1v) is 9.90. The van der Waals surface area contributed by atoms with Crippen molar-refractivity contribution in [1.29, 1.82) is 0 Å². The van der Waals surface area contributed by atoms with Crippen molar-refractivity contribution in [2.24, 2.45) is 4.99 Å². The molecule has 1 aromatic carbocycles. The smallest absolute Gasteiger partial charge is 0.357 e. The minimum Gasteiger partial charge on any atom is -0.357 e. The second-order valence-corrected chi connectivity index (χ2v) is 7.59. The molecule has 0 aliphatic heterocycles. The molecule has 1 aliphatic carbocycles. The molecular weight excluding hydrogens is 500 g/mol. The topological polar surface area (TPSA) is 49.3 Å². The Morgan fingerprint density at radius 2 is 1.93 bits per heavy atom. The van der Waals surface area contributed by atoms with Crippen LogP contribution >= 0.6 is 35.3 Å². The molecule has 154 valence electrons. The van der Waals surface area contributed by atoms with Crippen LogP contribution in [0.15, 0.2) is 40.7 Å². The lowest BCUT2D eigenvalue weighted by molar-refractivity contribution is -0.140. The summed E-state index contributed by atoms with van der Waals surface area (Å²) < 4.78 is 37.8. The Balaban J connectivity index is 0.00000280. The van der Waals surface area contributed by atoms with E-state index in [0.717, 1.165) is 36.1 Å². The Kier molecular flexibility index (Phi) is 8.11. The summed E-state index contributed by atoms with van der Waals surface area (Å²) in [5.41, 5.74) is 0.620. The average molecular weight is 524 g/mol. The van der Waals surface area contributed by atoms with Gasteiger partial charge in [0.1, 0.15) is 0 Å². The molecule has 1 heterocycles. The number of guanidine groups is 1. The van der Waals surface area contributed by atoms with Crippen LogP contribution in [0.4, 0.5) is 13.2 Å². The highest BCUT2D eigenvalue weighted by Gasteiger charge is 2.44. The Bertz CT molecular complexity index is 773. The molecule has 2 aromatic rings. The Labute approximate surface area is 184 Å². The van der Waals surface area contributed by atoms with Crippen molar-refractivity contribution < 1.29 is 13.2 Å². The summed E-state index contributed by atoms with van der Waals surface area (Å²) in [6, 6.07) is 10.4. The maximum atomic E-state index is 12.6. The number of hydrogen-bond acceptors (Lipinski definition) is 3. The first-order chi connectivity index (χ1) is 12.9. The highest BCUT2D eigenvalue weighted by atomic mass is 127. The second kappa shape index (κ2) is 9.91. The summed E-state index contributed by atoms with van der Waals surface area (Å²) in [5, 5.41) is 7.91. The molecule has 3 rings (SSSR count). The molecule has 28 heavy (non-hydrogen) atoms. The van der Waals surface area contributed by atoms with Crippen molar-refractivity contribution in [1.82, 2.24) is 15.6 Å². The maximum Gasteiger partial charge on any atom is 0.434 e. The number of alkyl halides is 3. The van der Waals surface area contributed by atoms with E-state index in [0.29, 0.717) is 30.5 Å². The molecule has 1 aromatic heterocycles. The van der Waals surface area contributed by atoms with Crippen LogP contribution < -0.4 is 10.6 Å². The SMILES string of the molecule is CCNC(=NCC1(c2ccccc2)CC1)NCCc1nc(C(F)(F)F)cs1.I. The van der Waals surface area contributed by atoms with Crippen LogP contribution in [0.3, 0.4) is 0 Å². The fourth-order valence-corrected chi connectivity index (χ4v) is 3.70. The first kappa shape index (κ1) is 22.9. The number of hydrogen-bond donors (Lipinski definition) is 2. The van der Waals surface area contributed by atoms with E-state index < -0.39 is 11.9 Å². The number of aromatic nitrogens is 1. The summed E-state index contributed by atoms with van der Waals surface area (Å²) in [5.74, 6) is 0.687. The van der Waals surface area contributed by atoms with E-state index in [1.54, 1.807) is 0 Å². The third-order valence-corrected chi connectivity index (χ3v) is 5.51. The molecule has 0 radical (unpaired) electrons. The zero-order valence-corrected chi connectivity index (χ0v) is 18.7. The molecule has 1 aliphatic rings. The normalized spacial score (nSPS) is 15.6. The van der Waals surface area contributed by atoms with E-state index in [4.69, 9.17) is 4.99 Å². The molecular formula is C19H24F3IN4S. The number of thiazole rings is 1. The van der Waals surface area contributed by atoms with E-state index in [1.165, 1.54) is 5.56 Å². The quantitative estimate of drug-likeness (QED) is 0.316. The van der Waals surface area contributed by atoms with Gasteiger partial charge in [0.05, 0.1) is 11.6 Å². The first-order valence-electron chi connectivity index (χ1n) is 9.02. The lowest BCUT2D eigenvalue weighted by Gasteiger charge is -2.15. The Morgan fingerprint density at radius 3 is 2.50 bits per heavy atom. The Hall–Kier alpha value is -1.36. The van der Waals surface area contributed by atoms with Crippen molar-refractivity contribution >= 4 is 41.3 Å². The van der Waals surface area contributed by atoms with Crippen LogP contribution in [0.25, 0.3) is 0 Å². The Morgan fingerprint density at radius 1 is 1.21 bits per heavy atom. The third kappa shape index (κ3) is 6.07. The zero-order chi connectivity index (χ0) is 19.3. The van der Waals surface area contributed by atoms with Gasteiger partial charge in [-0.1, -0.05) is 30.3 Å². The third-order valence-electron chi connectivity index (χ3n) is 4.60. The standard InChI is InChI=1S/C19H23F3N4S.HI/c1-2-23-17(24-11-8-16-26-15(12-27-16)19(20,21)22)25-13-18(9-10-18)14-6-4-3-5-7-14;/h3-7,12H,2,8-11,13H2,1H3,(H2,23,24,25);1H. The molecule has 0 spiro atoms. The van der Waals surface area contributed by atoms with Crippen molar-refractivity contribution in [3.63, 3.8) is 0 Å². The maximum absolute atomic E-state index is 12.6. The molecule has 1 fully saturated rings. The van der Waals surface area contributed by atoms with Gasteiger partial charge in [0.25, 0.3) is 0 Å². The number of nitrogens with one attached hydrogen (secondary N) is 2. The monoisotopic (exact) mass is 524 g/mol. The minimum atomic E-state index is -4.38. The largest absolute Gasteiger partial charge is 0.434 e. The molecule has 0 atom stereocenters. The van der Waals surface area contributed by atoms with Crippen molar-refractivity contribution in [2.75, 3.05) is 19.6 Å². The fourth-order valence-electron chi connectivity index (χ4n) is 2.90. The molecule has 9 heteroatoms. The van der Waals surface area contributed by atoms with Gasteiger partial charge in [-0.2, -0.15) is 13.2 Å². The summed E-state index contributed by atoms with van der Waals surface area (Å²) >= 11 is 1.03. The molecule has 2 N–H and O–H groups in total. The minimum absolute atomic E-state index is 0. The molecule has 0 amide bonds. The van der Waals surface area contributed by atoms with Crippen LogP contribution in [-0.4, -0.2) is 30.6 Å². The summed E-state index contributed by atoms with van der Waals surface area (Å²) in [6.45, 7) is 3.88. The number of nitrogens with zero attached hydrogens (tertiary/aromatic N) is 2. The van der Waals surface area contributed by atoms with Gasteiger partial charge in [-0.25, -0.2) is 4.98 Å². The lowest BCUT2D eigenvalue weighted by atomic mass is 9.96. The van der Waals surface area contributed by atoms with E-state index >= 15 is 0 Å². The van der Waals surface area contributed by atoms with Gasteiger partial charge in [-0.05, 0) is 25.3 Å². The predicted octanol–water partition coefficient (Wildman–Crippen LogP) is 4.61. The van der Waals surface area contributed by atoms with Crippen molar-refractivity contribution in [2.45, 2.75) is 37.8 Å². The molecule has 0 saturated heterocycles. The van der Waals surface area contributed by atoms with Gasteiger partial charge >= 0.3 is 6.18 Å². The summed E-state index contributed by atoms with van der Waals surface area (Å²) in [6.07, 6.45) is -1.71. The van der Waals surface area contributed by atoms with Gasteiger partial charge < -0.3 is 10.6 Å². The highest BCUT2D eigenvalue weighted by molar-refractivity contribution is 14.0. The zero-order valence-electron chi connectivity index (χ0n) is 15.6. The van der Waals surface area contributed by atoms with E-state index in [1.807, 2.05) is 25.1 Å². The molecule has 1 saturated carbocycles. The van der Waals surface area contributed by atoms with Gasteiger partial charge in [-0.3, -0.25) is 4.99 Å². The van der Waals surface area contributed by atoms with Crippen molar-refractivity contribution in [3.8, 4) is 0 Å². The number of rotatable bonds is 7. The van der Waals surface area contributed by atoms with Crippen LogP contribution in [0.1, 0.15) is 36.0 Å². The van der Waals surface area contributed by atoms with Gasteiger partial charge in [0.15, 0.2) is 11.7 Å². The number of halogens is 4. The summed E-state index contributed by atoms with van der Waals surface area (Å²) in [7, 11) is 0. The van der Waals surface area contributed by atoms with Crippen LogP contribution in [0.2, 0.25) is 0 Å². The van der Waals surface area contributed by atoms with Crippen LogP contribution in [0, 0.1) is 0 Å². The highest BCUT2D eigenvalue weighted by Crippen LogP contribution is 2.48. The van der Waals surface area contributed by atoms with Crippen LogP contribution in [-0.2, 0) is 18.0 Å². The predicted molar refractivity (Wildman–Crippen MR) is 118 cm³/mol. The lowest BCUT2D eigenvalue weighted by Crippen LogP contribution is -2.39. The van der Waals surface area contributed by atoms with E-state index in [-0.39, 0.29) is 29.4 Å².